The van der Waals surface area contributed by atoms with Crippen molar-refractivity contribution in [2.75, 3.05) is 13.2 Å². The van der Waals surface area contributed by atoms with Gasteiger partial charge < -0.3 is 9.72 Å². The van der Waals surface area contributed by atoms with Crippen LogP contribution in [0.4, 0.5) is 0 Å². The second-order valence-electron chi connectivity index (χ2n) is 5.25. The Morgan fingerprint density at radius 1 is 1.27 bits per heavy atom. The van der Waals surface area contributed by atoms with Crippen LogP contribution in [0.25, 0.3) is 0 Å². The Bertz CT molecular complexity index is 682. The average molecular weight is 322 g/mol. The van der Waals surface area contributed by atoms with Gasteiger partial charge in [-0.25, -0.2) is 18.1 Å². The SMILES string of the molecule is O=S(=O)(NC(c1cccnc1)C1CCOCC1)c1cnc[nH]1. The number of rotatable bonds is 5. The molecule has 2 aromatic heterocycles. The molecule has 0 bridgehead atoms. The molecule has 1 atom stereocenters. The smallest absolute Gasteiger partial charge is 0.258 e. The van der Waals surface area contributed by atoms with Crippen molar-refractivity contribution in [2.24, 2.45) is 5.92 Å². The van der Waals surface area contributed by atoms with E-state index in [4.69, 9.17) is 4.74 Å². The van der Waals surface area contributed by atoms with Crippen LogP contribution >= 0.6 is 0 Å². The van der Waals surface area contributed by atoms with Gasteiger partial charge in [0.1, 0.15) is 0 Å². The monoisotopic (exact) mass is 322 g/mol. The van der Waals surface area contributed by atoms with Gasteiger partial charge in [-0.2, -0.15) is 0 Å². The Morgan fingerprint density at radius 2 is 2.09 bits per heavy atom. The van der Waals surface area contributed by atoms with Crippen molar-refractivity contribution >= 4 is 10.0 Å². The van der Waals surface area contributed by atoms with E-state index in [9.17, 15) is 8.42 Å². The number of hydrogen-bond acceptors (Lipinski definition) is 5. The first-order chi connectivity index (χ1) is 10.7. The second kappa shape index (κ2) is 6.55. The van der Waals surface area contributed by atoms with E-state index in [-0.39, 0.29) is 17.0 Å². The minimum Gasteiger partial charge on any atom is -0.381 e. The van der Waals surface area contributed by atoms with Crippen molar-refractivity contribution in [1.82, 2.24) is 19.7 Å². The van der Waals surface area contributed by atoms with E-state index in [1.807, 2.05) is 12.1 Å². The number of imidazole rings is 1. The molecule has 0 saturated carbocycles. The van der Waals surface area contributed by atoms with Gasteiger partial charge >= 0.3 is 0 Å². The molecule has 2 N–H and O–H groups in total. The Balaban J connectivity index is 1.88. The van der Waals surface area contributed by atoms with Crippen LogP contribution in [0.2, 0.25) is 0 Å². The summed E-state index contributed by atoms with van der Waals surface area (Å²) < 4.78 is 33.1. The molecule has 1 aliphatic rings. The predicted molar refractivity (Wildman–Crippen MR) is 79.4 cm³/mol. The molecule has 1 saturated heterocycles. The maximum Gasteiger partial charge on any atom is 0.258 e. The van der Waals surface area contributed by atoms with Crippen LogP contribution < -0.4 is 4.72 Å². The van der Waals surface area contributed by atoms with Gasteiger partial charge in [-0.3, -0.25) is 4.98 Å². The Morgan fingerprint density at radius 3 is 2.73 bits per heavy atom. The average Bonchev–Trinajstić information content (AvgIpc) is 3.10. The van der Waals surface area contributed by atoms with Gasteiger partial charge in [0.25, 0.3) is 10.0 Å². The summed E-state index contributed by atoms with van der Waals surface area (Å²) in [6.07, 6.45) is 7.65. The Kier molecular flexibility index (Phi) is 4.51. The number of aromatic nitrogens is 3. The van der Waals surface area contributed by atoms with E-state index in [2.05, 4.69) is 19.7 Å². The minimum absolute atomic E-state index is 0.0634. The lowest BCUT2D eigenvalue weighted by Gasteiger charge is -2.30. The molecule has 0 spiro atoms. The molecule has 1 unspecified atom stereocenters. The van der Waals surface area contributed by atoms with E-state index in [1.54, 1.807) is 12.4 Å². The molecule has 0 aromatic carbocycles. The van der Waals surface area contributed by atoms with Gasteiger partial charge in [0.2, 0.25) is 0 Å². The molecule has 7 nitrogen and oxygen atoms in total. The zero-order valence-electron chi connectivity index (χ0n) is 12.0. The summed E-state index contributed by atoms with van der Waals surface area (Å²) in [6, 6.07) is 3.38. The standard InChI is InChI=1S/C14H18N4O3S/c19-22(20,13-9-16-10-17-13)18-14(11-3-6-21-7-4-11)12-2-1-5-15-8-12/h1-2,5,8-11,14,18H,3-4,6-7H2,(H,16,17). The van der Waals surface area contributed by atoms with Crippen LogP contribution in [0.1, 0.15) is 24.4 Å². The molecule has 0 amide bonds. The summed E-state index contributed by atoms with van der Waals surface area (Å²) in [6.45, 7) is 1.29. The second-order valence-corrected chi connectivity index (χ2v) is 6.93. The molecule has 3 rings (SSSR count). The van der Waals surface area contributed by atoms with Crippen molar-refractivity contribution in [3.8, 4) is 0 Å². The molecule has 1 fully saturated rings. The highest BCUT2D eigenvalue weighted by molar-refractivity contribution is 7.89. The molecular weight excluding hydrogens is 304 g/mol. The number of hydrogen-bond donors (Lipinski definition) is 2. The van der Waals surface area contributed by atoms with E-state index in [0.717, 1.165) is 18.4 Å². The van der Waals surface area contributed by atoms with E-state index >= 15 is 0 Å². The summed E-state index contributed by atoms with van der Waals surface area (Å²) >= 11 is 0. The Labute approximate surface area is 129 Å². The first-order valence-electron chi connectivity index (χ1n) is 7.15. The van der Waals surface area contributed by atoms with Gasteiger partial charge in [0.15, 0.2) is 5.03 Å². The minimum atomic E-state index is -3.65. The Hall–Kier alpha value is -1.77. The lowest BCUT2D eigenvalue weighted by Crippen LogP contribution is -2.36. The topological polar surface area (TPSA) is 97.0 Å². The number of pyridine rings is 1. The van der Waals surface area contributed by atoms with E-state index < -0.39 is 10.0 Å². The zero-order valence-corrected chi connectivity index (χ0v) is 12.8. The van der Waals surface area contributed by atoms with E-state index in [1.165, 1.54) is 12.5 Å². The van der Waals surface area contributed by atoms with Crippen molar-refractivity contribution in [3.05, 3.63) is 42.6 Å². The summed E-state index contributed by atoms with van der Waals surface area (Å²) in [5, 5.41) is 0.0634. The largest absolute Gasteiger partial charge is 0.381 e. The summed E-state index contributed by atoms with van der Waals surface area (Å²) in [4.78, 5) is 10.5. The highest BCUT2D eigenvalue weighted by Crippen LogP contribution is 2.31. The highest BCUT2D eigenvalue weighted by atomic mass is 32.2. The third-order valence-electron chi connectivity index (χ3n) is 3.83. The van der Waals surface area contributed by atoms with E-state index in [0.29, 0.717) is 13.2 Å². The quantitative estimate of drug-likeness (QED) is 0.863. The first kappa shape index (κ1) is 15.1. The lowest BCUT2D eigenvalue weighted by atomic mass is 9.88. The fourth-order valence-corrected chi connectivity index (χ4v) is 3.86. The fourth-order valence-electron chi connectivity index (χ4n) is 2.67. The number of nitrogens with zero attached hydrogens (tertiary/aromatic N) is 2. The lowest BCUT2D eigenvalue weighted by molar-refractivity contribution is 0.0564. The van der Waals surface area contributed by atoms with Crippen molar-refractivity contribution in [3.63, 3.8) is 0 Å². The van der Waals surface area contributed by atoms with Crippen molar-refractivity contribution in [1.29, 1.82) is 0 Å². The number of sulfonamides is 1. The van der Waals surface area contributed by atoms with Gasteiger partial charge in [-0.05, 0) is 30.4 Å². The highest BCUT2D eigenvalue weighted by Gasteiger charge is 2.30. The normalized spacial score (nSPS) is 18.2. The predicted octanol–water partition coefficient (Wildman–Crippen LogP) is 1.25. The maximum atomic E-state index is 12.5. The molecular formula is C14H18N4O3S. The number of aromatic amines is 1. The van der Waals surface area contributed by atoms with Crippen LogP contribution in [0, 0.1) is 5.92 Å². The maximum absolute atomic E-state index is 12.5. The molecule has 8 heteroatoms. The fraction of sp³-hybridized carbons (Fsp3) is 0.429. The molecule has 0 aliphatic carbocycles. The van der Waals surface area contributed by atoms with Crippen LogP contribution in [0.15, 0.2) is 42.1 Å². The van der Waals surface area contributed by atoms with Gasteiger partial charge in [0.05, 0.1) is 18.6 Å². The molecule has 118 valence electrons. The van der Waals surface area contributed by atoms with Crippen molar-refractivity contribution < 1.29 is 13.2 Å². The summed E-state index contributed by atoms with van der Waals surface area (Å²) in [5.41, 5.74) is 0.859. The van der Waals surface area contributed by atoms with Gasteiger partial charge in [-0.1, -0.05) is 6.07 Å². The van der Waals surface area contributed by atoms with Crippen LogP contribution in [-0.4, -0.2) is 36.6 Å². The summed E-state index contributed by atoms with van der Waals surface area (Å²) in [7, 11) is -3.65. The van der Waals surface area contributed by atoms with Crippen LogP contribution in [0.5, 0.6) is 0 Å². The molecule has 22 heavy (non-hydrogen) atoms. The van der Waals surface area contributed by atoms with Gasteiger partial charge in [-0.15, -0.1) is 0 Å². The number of H-pyrrole nitrogens is 1. The van der Waals surface area contributed by atoms with Crippen molar-refractivity contribution in [2.45, 2.75) is 23.9 Å². The third kappa shape index (κ3) is 3.34. The molecule has 3 heterocycles. The first-order valence-corrected chi connectivity index (χ1v) is 8.63. The van der Waals surface area contributed by atoms with Crippen LogP contribution in [0.3, 0.4) is 0 Å². The third-order valence-corrected chi connectivity index (χ3v) is 5.19. The number of nitrogens with one attached hydrogen (secondary N) is 2. The number of ether oxygens (including phenoxy) is 1. The summed E-state index contributed by atoms with van der Waals surface area (Å²) in [5.74, 6) is 0.177. The molecule has 1 aliphatic heterocycles. The van der Waals surface area contributed by atoms with Crippen LogP contribution in [-0.2, 0) is 14.8 Å². The molecule has 0 radical (unpaired) electrons. The molecule has 2 aromatic rings. The zero-order chi connectivity index (χ0) is 15.4. The van der Waals surface area contributed by atoms with Gasteiger partial charge in [0, 0.05) is 25.6 Å².